The lowest BCUT2D eigenvalue weighted by Crippen LogP contribution is -2.27. The van der Waals surface area contributed by atoms with Crippen LogP contribution in [0.4, 0.5) is 0 Å². The van der Waals surface area contributed by atoms with Crippen molar-refractivity contribution in [2.24, 2.45) is 10.9 Å². The molecule has 0 spiro atoms. The van der Waals surface area contributed by atoms with Crippen LogP contribution in [0, 0.1) is 5.92 Å². The smallest absolute Gasteiger partial charge is 0.226 e. The van der Waals surface area contributed by atoms with E-state index in [1.165, 1.54) is 6.42 Å². The first-order valence-electron chi connectivity index (χ1n) is 6.78. The fraction of sp³-hybridized carbons (Fsp3) is 0.571. The van der Waals surface area contributed by atoms with Gasteiger partial charge in [-0.2, -0.15) is 0 Å². The highest BCUT2D eigenvalue weighted by atomic mass is 32.2. The molecule has 0 radical (unpaired) electrons. The molecule has 3 rings (SSSR count). The second kappa shape index (κ2) is 5.41. The van der Waals surface area contributed by atoms with Crippen LogP contribution in [0.3, 0.4) is 0 Å². The molecule has 2 heterocycles. The van der Waals surface area contributed by atoms with Crippen molar-refractivity contribution in [1.82, 2.24) is 5.32 Å². The van der Waals surface area contributed by atoms with Crippen LogP contribution in [0.15, 0.2) is 21.5 Å². The molecule has 4 nitrogen and oxygen atoms in total. The molecule has 0 unspecified atom stereocenters. The van der Waals surface area contributed by atoms with E-state index in [1.54, 1.807) is 11.8 Å². The van der Waals surface area contributed by atoms with Gasteiger partial charge >= 0.3 is 0 Å². The predicted molar refractivity (Wildman–Crippen MR) is 76.5 cm³/mol. The highest BCUT2D eigenvalue weighted by molar-refractivity contribution is 8.14. The van der Waals surface area contributed by atoms with E-state index in [2.05, 4.69) is 23.3 Å². The van der Waals surface area contributed by atoms with Crippen LogP contribution in [0.2, 0.25) is 0 Å². The Morgan fingerprint density at radius 1 is 1.58 bits per heavy atom. The molecule has 1 N–H and O–H groups in total. The molecule has 2 aliphatic rings. The van der Waals surface area contributed by atoms with Gasteiger partial charge in [-0.3, -0.25) is 9.79 Å². The van der Waals surface area contributed by atoms with E-state index in [0.29, 0.717) is 18.8 Å². The minimum atomic E-state index is 0.0193. The van der Waals surface area contributed by atoms with Gasteiger partial charge in [0, 0.05) is 24.5 Å². The monoisotopic (exact) mass is 278 g/mol. The van der Waals surface area contributed by atoms with Crippen molar-refractivity contribution in [3.05, 3.63) is 23.7 Å². The third kappa shape index (κ3) is 3.21. The van der Waals surface area contributed by atoms with Gasteiger partial charge in [0.1, 0.15) is 11.5 Å². The topological polar surface area (TPSA) is 54.6 Å². The maximum atomic E-state index is 11.7. The minimum Gasteiger partial charge on any atom is -0.466 e. The van der Waals surface area contributed by atoms with Gasteiger partial charge in [0.15, 0.2) is 5.17 Å². The SMILES string of the molecule is C[C@H]1C[C@H]1c1ccc(CCC(=O)NC2=NCCS2)o1. The van der Waals surface area contributed by atoms with Crippen molar-refractivity contribution in [3.63, 3.8) is 0 Å². The molecule has 2 atom stereocenters. The number of thioether (sulfide) groups is 1. The largest absolute Gasteiger partial charge is 0.466 e. The molecule has 1 aliphatic carbocycles. The number of nitrogens with zero attached hydrogens (tertiary/aromatic N) is 1. The lowest BCUT2D eigenvalue weighted by Gasteiger charge is -2.02. The Kier molecular flexibility index (Phi) is 3.64. The molecule has 5 heteroatoms. The predicted octanol–water partition coefficient (Wildman–Crippen LogP) is 2.55. The number of amidine groups is 1. The maximum Gasteiger partial charge on any atom is 0.226 e. The summed E-state index contributed by atoms with van der Waals surface area (Å²) in [4.78, 5) is 15.9. The van der Waals surface area contributed by atoms with Gasteiger partial charge in [0.25, 0.3) is 0 Å². The van der Waals surface area contributed by atoms with E-state index in [9.17, 15) is 4.79 Å². The summed E-state index contributed by atoms with van der Waals surface area (Å²) in [6.45, 7) is 3.04. The van der Waals surface area contributed by atoms with Crippen molar-refractivity contribution in [1.29, 1.82) is 0 Å². The summed E-state index contributed by atoms with van der Waals surface area (Å²) < 4.78 is 5.78. The number of hydrogen-bond donors (Lipinski definition) is 1. The van der Waals surface area contributed by atoms with Crippen LogP contribution < -0.4 is 5.32 Å². The average molecular weight is 278 g/mol. The van der Waals surface area contributed by atoms with E-state index in [0.717, 1.165) is 34.9 Å². The van der Waals surface area contributed by atoms with Crippen molar-refractivity contribution in [2.45, 2.75) is 32.1 Å². The van der Waals surface area contributed by atoms with E-state index in [1.807, 2.05) is 6.07 Å². The normalized spacial score (nSPS) is 25.2. The van der Waals surface area contributed by atoms with Crippen LogP contribution in [0.25, 0.3) is 0 Å². The molecule has 0 aromatic carbocycles. The van der Waals surface area contributed by atoms with Gasteiger partial charge < -0.3 is 9.73 Å². The fourth-order valence-corrected chi connectivity index (χ4v) is 3.02. The van der Waals surface area contributed by atoms with Gasteiger partial charge in [-0.05, 0) is 24.5 Å². The second-order valence-corrected chi connectivity index (χ2v) is 6.29. The molecular formula is C14H18N2O2S. The number of nitrogens with one attached hydrogen (secondary N) is 1. The molecular weight excluding hydrogens is 260 g/mol. The van der Waals surface area contributed by atoms with E-state index in [-0.39, 0.29) is 5.91 Å². The average Bonchev–Trinajstić information content (AvgIpc) is 2.87. The Balaban J connectivity index is 1.46. The van der Waals surface area contributed by atoms with E-state index < -0.39 is 0 Å². The highest BCUT2D eigenvalue weighted by Gasteiger charge is 2.36. The number of carbonyl (C=O) groups is 1. The number of furan rings is 1. The molecule has 1 fully saturated rings. The Morgan fingerprint density at radius 2 is 2.42 bits per heavy atom. The molecule has 0 bridgehead atoms. The Bertz CT molecular complexity index is 509. The molecule has 1 aliphatic heterocycles. The Hall–Kier alpha value is -1.23. The fourth-order valence-electron chi connectivity index (χ4n) is 2.28. The number of aliphatic imine (C=N–C) groups is 1. The van der Waals surface area contributed by atoms with Crippen LogP contribution in [0.5, 0.6) is 0 Å². The van der Waals surface area contributed by atoms with Gasteiger partial charge in [0.05, 0.1) is 6.54 Å². The Labute approximate surface area is 117 Å². The van der Waals surface area contributed by atoms with Gasteiger partial charge in [-0.1, -0.05) is 18.7 Å². The number of rotatable bonds is 4. The van der Waals surface area contributed by atoms with Gasteiger partial charge in [-0.15, -0.1) is 0 Å². The lowest BCUT2D eigenvalue weighted by molar-refractivity contribution is -0.119. The first kappa shape index (κ1) is 12.8. The zero-order valence-electron chi connectivity index (χ0n) is 11.0. The van der Waals surface area contributed by atoms with Crippen LogP contribution >= 0.6 is 11.8 Å². The zero-order chi connectivity index (χ0) is 13.2. The summed E-state index contributed by atoms with van der Waals surface area (Å²) in [7, 11) is 0. The molecule has 1 aromatic heterocycles. The number of carbonyl (C=O) groups excluding carboxylic acids is 1. The van der Waals surface area contributed by atoms with Crippen LogP contribution in [-0.4, -0.2) is 23.4 Å². The van der Waals surface area contributed by atoms with Gasteiger partial charge in [-0.25, -0.2) is 0 Å². The van der Waals surface area contributed by atoms with Crippen LogP contribution in [-0.2, 0) is 11.2 Å². The minimum absolute atomic E-state index is 0.0193. The summed E-state index contributed by atoms with van der Waals surface area (Å²) in [5.74, 6) is 4.33. The van der Waals surface area contributed by atoms with Crippen molar-refractivity contribution < 1.29 is 9.21 Å². The maximum absolute atomic E-state index is 11.7. The zero-order valence-corrected chi connectivity index (χ0v) is 11.8. The number of hydrogen-bond acceptors (Lipinski definition) is 4. The third-order valence-corrected chi connectivity index (χ3v) is 4.48. The second-order valence-electron chi connectivity index (χ2n) is 5.21. The third-order valence-electron chi connectivity index (χ3n) is 3.59. The van der Waals surface area contributed by atoms with E-state index in [4.69, 9.17) is 4.42 Å². The summed E-state index contributed by atoms with van der Waals surface area (Å²) in [6.07, 6.45) is 2.34. The first-order chi connectivity index (χ1) is 9.22. The summed E-state index contributed by atoms with van der Waals surface area (Å²) in [6, 6.07) is 4.05. The quantitative estimate of drug-likeness (QED) is 0.921. The first-order valence-corrected chi connectivity index (χ1v) is 7.76. The summed E-state index contributed by atoms with van der Waals surface area (Å²) in [5.41, 5.74) is 0. The molecule has 102 valence electrons. The molecule has 0 saturated heterocycles. The molecule has 1 amide bonds. The molecule has 1 aromatic rings. The summed E-state index contributed by atoms with van der Waals surface area (Å²) in [5, 5.41) is 3.59. The number of amides is 1. The Morgan fingerprint density at radius 3 is 3.11 bits per heavy atom. The standard InChI is InChI=1S/C14H18N2O2S/c1-9-8-11(9)12-4-2-10(18-12)3-5-13(17)16-14-15-6-7-19-14/h2,4,9,11H,3,5-8H2,1H3,(H,15,16,17)/t9-,11+/m0/s1. The molecule has 1 saturated carbocycles. The van der Waals surface area contributed by atoms with Crippen LogP contribution in [0.1, 0.15) is 37.2 Å². The molecule has 19 heavy (non-hydrogen) atoms. The lowest BCUT2D eigenvalue weighted by atomic mass is 10.2. The van der Waals surface area contributed by atoms with E-state index >= 15 is 0 Å². The highest BCUT2D eigenvalue weighted by Crippen LogP contribution is 2.47. The van der Waals surface area contributed by atoms with Gasteiger partial charge in [0.2, 0.25) is 5.91 Å². The van der Waals surface area contributed by atoms with Crippen molar-refractivity contribution in [3.8, 4) is 0 Å². The summed E-state index contributed by atoms with van der Waals surface area (Å²) >= 11 is 1.60. The van der Waals surface area contributed by atoms with Crippen molar-refractivity contribution in [2.75, 3.05) is 12.3 Å². The number of aryl methyl sites for hydroxylation is 1. The van der Waals surface area contributed by atoms with Crippen molar-refractivity contribution >= 4 is 22.8 Å².